The first-order valence-corrected chi connectivity index (χ1v) is 10.4. The van der Waals surface area contributed by atoms with Crippen molar-refractivity contribution in [3.05, 3.63) is 41.6 Å². The molecule has 0 radical (unpaired) electrons. The molecular weight excluding hydrogens is 499 g/mol. The van der Waals surface area contributed by atoms with Gasteiger partial charge in [-0.25, -0.2) is 9.97 Å². The van der Waals surface area contributed by atoms with Gasteiger partial charge in [-0.05, 0) is 19.1 Å². The van der Waals surface area contributed by atoms with Gasteiger partial charge in [0.25, 0.3) is 0 Å². The average molecular weight is 526 g/mol. The van der Waals surface area contributed by atoms with Crippen LogP contribution in [0.4, 0.5) is 5.13 Å². The summed E-state index contributed by atoms with van der Waals surface area (Å²) in [6, 6.07) is 6.16. The van der Waals surface area contributed by atoms with Gasteiger partial charge in [-0.1, -0.05) is 13.0 Å². The number of hydrogen-bond donors (Lipinski definition) is 1. The molecule has 0 spiro atoms. The molecule has 0 aromatic carbocycles. The molecule has 4 rings (SSSR count). The molecule has 4 heterocycles. The van der Waals surface area contributed by atoms with Crippen LogP contribution in [0.15, 0.2) is 29.4 Å². The van der Waals surface area contributed by atoms with Crippen LogP contribution in [-0.2, 0) is 13.0 Å². The molecule has 0 atom stereocenters. The van der Waals surface area contributed by atoms with Crippen molar-refractivity contribution in [2.75, 3.05) is 38.1 Å². The number of pyridine rings is 1. The summed E-state index contributed by atoms with van der Waals surface area (Å²) in [5.74, 6) is 1.85. The van der Waals surface area contributed by atoms with Gasteiger partial charge in [-0.3, -0.25) is 4.99 Å². The first-order chi connectivity index (χ1) is 13.7. The van der Waals surface area contributed by atoms with E-state index in [-0.39, 0.29) is 24.0 Å². The number of anilines is 1. The highest BCUT2D eigenvalue weighted by Crippen LogP contribution is 2.19. The predicted octanol–water partition coefficient (Wildman–Crippen LogP) is 2.57. The lowest BCUT2D eigenvalue weighted by molar-refractivity contribution is 0.372. The van der Waals surface area contributed by atoms with Gasteiger partial charge >= 0.3 is 0 Å². The molecule has 0 bridgehead atoms. The van der Waals surface area contributed by atoms with Crippen molar-refractivity contribution in [1.29, 1.82) is 0 Å². The van der Waals surface area contributed by atoms with Crippen molar-refractivity contribution in [2.24, 2.45) is 4.99 Å². The summed E-state index contributed by atoms with van der Waals surface area (Å²) in [5, 5.41) is 4.49. The fourth-order valence-corrected chi connectivity index (χ4v) is 4.21. The molecule has 1 aliphatic rings. The number of imidazole rings is 1. The topological polar surface area (TPSA) is 74.0 Å². The van der Waals surface area contributed by atoms with Gasteiger partial charge in [0.05, 0.1) is 12.2 Å². The Labute approximate surface area is 192 Å². The molecule has 1 N–H and O–H groups in total. The number of aliphatic imine (C=N–C) groups is 1. The van der Waals surface area contributed by atoms with Crippen LogP contribution in [-0.4, -0.2) is 62.8 Å². The van der Waals surface area contributed by atoms with Crippen molar-refractivity contribution in [3.8, 4) is 0 Å². The molecule has 156 valence electrons. The minimum Gasteiger partial charge on any atom is -0.351 e. The number of nitrogens with zero attached hydrogens (tertiary/aromatic N) is 7. The second-order valence-electron chi connectivity index (χ2n) is 6.85. The number of piperazine rings is 1. The molecular formula is C19H27IN8S. The van der Waals surface area contributed by atoms with Gasteiger partial charge in [0.15, 0.2) is 5.96 Å². The summed E-state index contributed by atoms with van der Waals surface area (Å²) in [6.45, 7) is 8.50. The molecule has 0 unspecified atom stereocenters. The Kier molecular flexibility index (Phi) is 7.28. The van der Waals surface area contributed by atoms with E-state index >= 15 is 0 Å². The summed E-state index contributed by atoms with van der Waals surface area (Å²) in [5.41, 5.74) is 3.17. The van der Waals surface area contributed by atoms with Crippen LogP contribution >= 0.6 is 35.5 Å². The summed E-state index contributed by atoms with van der Waals surface area (Å²) >= 11 is 1.50. The number of rotatable bonds is 4. The first kappa shape index (κ1) is 21.8. The zero-order valence-corrected chi connectivity index (χ0v) is 20.1. The lowest BCUT2D eigenvalue weighted by Gasteiger charge is -2.36. The predicted molar refractivity (Wildman–Crippen MR) is 129 cm³/mol. The number of aryl methyl sites for hydroxylation is 2. The second kappa shape index (κ2) is 9.70. The van der Waals surface area contributed by atoms with Gasteiger partial charge in [-0.2, -0.15) is 4.37 Å². The van der Waals surface area contributed by atoms with E-state index in [1.54, 1.807) is 0 Å². The summed E-state index contributed by atoms with van der Waals surface area (Å²) in [6.07, 6.45) is 2.97. The van der Waals surface area contributed by atoms with E-state index in [0.29, 0.717) is 6.54 Å². The number of guanidine groups is 1. The number of fused-ring (bicyclic) bond motifs is 1. The van der Waals surface area contributed by atoms with Crippen molar-refractivity contribution in [2.45, 2.75) is 26.8 Å². The summed E-state index contributed by atoms with van der Waals surface area (Å²) in [7, 11) is 1.83. The fourth-order valence-electron chi connectivity index (χ4n) is 3.41. The highest BCUT2D eigenvalue weighted by Gasteiger charge is 2.22. The second-order valence-corrected chi connectivity index (χ2v) is 7.58. The Morgan fingerprint density at radius 3 is 2.66 bits per heavy atom. The van der Waals surface area contributed by atoms with E-state index in [4.69, 9.17) is 4.98 Å². The molecule has 3 aromatic rings. The zero-order valence-electron chi connectivity index (χ0n) is 17.0. The maximum atomic E-state index is 4.69. The number of halogens is 1. The van der Waals surface area contributed by atoms with E-state index in [9.17, 15) is 0 Å². The number of hydrogen-bond acceptors (Lipinski definition) is 6. The third-order valence-electron chi connectivity index (χ3n) is 5.01. The Hall–Kier alpha value is -1.95. The fraction of sp³-hybridized carbons (Fsp3) is 0.474. The molecule has 1 aliphatic heterocycles. The highest BCUT2D eigenvalue weighted by atomic mass is 127. The normalized spacial score (nSPS) is 14.9. The Bertz CT molecular complexity index is 974. The van der Waals surface area contributed by atoms with Crippen LogP contribution in [0.2, 0.25) is 0 Å². The van der Waals surface area contributed by atoms with Crippen molar-refractivity contribution < 1.29 is 0 Å². The lowest BCUT2D eigenvalue weighted by Crippen LogP contribution is -2.52. The monoisotopic (exact) mass is 526 g/mol. The molecule has 8 nitrogen and oxygen atoms in total. The van der Waals surface area contributed by atoms with Crippen LogP contribution in [0.1, 0.15) is 24.1 Å². The lowest BCUT2D eigenvalue weighted by atomic mass is 10.3. The van der Waals surface area contributed by atoms with Crippen LogP contribution in [0.25, 0.3) is 5.65 Å². The van der Waals surface area contributed by atoms with E-state index in [1.165, 1.54) is 17.2 Å². The van der Waals surface area contributed by atoms with Crippen molar-refractivity contribution in [3.63, 3.8) is 0 Å². The van der Waals surface area contributed by atoms with Crippen LogP contribution in [0.3, 0.4) is 0 Å². The Morgan fingerprint density at radius 1 is 1.21 bits per heavy atom. The molecule has 1 fully saturated rings. The van der Waals surface area contributed by atoms with Crippen molar-refractivity contribution >= 4 is 52.2 Å². The quantitative estimate of drug-likeness (QED) is 0.320. The van der Waals surface area contributed by atoms with Crippen LogP contribution < -0.4 is 10.2 Å². The van der Waals surface area contributed by atoms with E-state index in [0.717, 1.165) is 60.9 Å². The molecule has 10 heteroatoms. The maximum Gasteiger partial charge on any atom is 0.205 e. The zero-order chi connectivity index (χ0) is 19.5. The third kappa shape index (κ3) is 4.80. The molecule has 0 saturated carbocycles. The third-order valence-corrected chi connectivity index (χ3v) is 5.82. The van der Waals surface area contributed by atoms with Gasteiger partial charge in [-0.15, -0.1) is 24.0 Å². The van der Waals surface area contributed by atoms with E-state index in [1.807, 2.05) is 19.2 Å². The van der Waals surface area contributed by atoms with Crippen LogP contribution in [0.5, 0.6) is 0 Å². The average Bonchev–Trinajstić information content (AvgIpc) is 3.36. The molecule has 3 aromatic heterocycles. The van der Waals surface area contributed by atoms with Gasteiger partial charge < -0.3 is 19.5 Å². The SMILES string of the molecule is CCc1nsc(N2CCN(C(=NC)NCc3cn4c(C)cccc4n3)CC2)n1.I. The van der Waals surface area contributed by atoms with Gasteiger partial charge in [0.2, 0.25) is 5.13 Å². The summed E-state index contributed by atoms with van der Waals surface area (Å²) in [4.78, 5) is 18.4. The van der Waals surface area contributed by atoms with Crippen molar-refractivity contribution in [1.82, 2.24) is 29.0 Å². The Morgan fingerprint density at radius 2 is 2.00 bits per heavy atom. The number of aromatic nitrogens is 4. The molecule has 29 heavy (non-hydrogen) atoms. The molecule has 0 amide bonds. The molecule has 0 aliphatic carbocycles. The molecule has 1 saturated heterocycles. The minimum absolute atomic E-state index is 0. The number of nitrogens with one attached hydrogen (secondary N) is 1. The standard InChI is InChI=1S/C19H26N8S.HI/c1-4-16-23-19(28-24-16)26-10-8-25(9-11-26)18(20-3)21-12-15-13-27-14(2)6-5-7-17(27)22-15;/h5-7,13H,4,8-12H2,1-3H3,(H,20,21);1H. The first-order valence-electron chi connectivity index (χ1n) is 9.64. The maximum absolute atomic E-state index is 4.69. The van der Waals surface area contributed by atoms with E-state index in [2.05, 4.69) is 60.0 Å². The van der Waals surface area contributed by atoms with E-state index < -0.39 is 0 Å². The Balaban J connectivity index is 0.00000240. The minimum atomic E-state index is 0. The summed E-state index contributed by atoms with van der Waals surface area (Å²) < 4.78 is 6.51. The van der Waals surface area contributed by atoms with Gasteiger partial charge in [0.1, 0.15) is 11.5 Å². The van der Waals surface area contributed by atoms with Crippen LogP contribution in [0, 0.1) is 6.92 Å². The van der Waals surface area contributed by atoms with Gasteiger partial charge in [0, 0.05) is 63.1 Å². The largest absolute Gasteiger partial charge is 0.351 e. The smallest absolute Gasteiger partial charge is 0.205 e. The highest BCUT2D eigenvalue weighted by molar-refractivity contribution is 14.0.